The molecule has 0 amide bonds. The van der Waals surface area contributed by atoms with Gasteiger partial charge in [-0.25, -0.2) is 0 Å². The minimum absolute atomic E-state index is 0.409. The second-order valence-electron chi connectivity index (χ2n) is 3.05. The Labute approximate surface area is 74.6 Å². The first kappa shape index (κ1) is 8.87. The lowest BCUT2D eigenvalue weighted by molar-refractivity contribution is 0.866. The molecule has 0 unspecified atom stereocenters. The van der Waals surface area contributed by atoms with E-state index in [0.29, 0.717) is 5.92 Å². The van der Waals surface area contributed by atoms with Crippen LogP contribution in [0.25, 0.3) is 0 Å². The summed E-state index contributed by atoms with van der Waals surface area (Å²) in [7, 11) is 0. The van der Waals surface area contributed by atoms with Crippen molar-refractivity contribution in [1.29, 1.82) is 0 Å². The minimum atomic E-state index is 0.409. The lowest BCUT2D eigenvalue weighted by atomic mass is 10.1. The van der Waals surface area contributed by atoms with Crippen LogP contribution < -0.4 is 0 Å². The summed E-state index contributed by atoms with van der Waals surface area (Å²) in [5.74, 6) is 6.55. The van der Waals surface area contributed by atoms with E-state index in [1.807, 2.05) is 24.3 Å². The van der Waals surface area contributed by atoms with Gasteiger partial charge in [0.15, 0.2) is 0 Å². The van der Waals surface area contributed by atoms with Gasteiger partial charge in [-0.2, -0.15) is 0 Å². The van der Waals surface area contributed by atoms with E-state index in [1.54, 1.807) is 0 Å². The van der Waals surface area contributed by atoms with Crippen LogP contribution in [0.3, 0.4) is 0 Å². The van der Waals surface area contributed by atoms with Crippen molar-refractivity contribution in [2.45, 2.75) is 13.8 Å². The summed E-state index contributed by atoms with van der Waals surface area (Å²) in [5, 5.41) is 0. The van der Waals surface area contributed by atoms with Gasteiger partial charge in [-0.05, 0) is 24.6 Å². The number of hydrogen-bond donors (Lipinski definition) is 0. The van der Waals surface area contributed by atoms with E-state index in [2.05, 4.69) is 25.7 Å². The standard InChI is InChI=1S/C12H12/c1-10(2)7-8-12-6-4-5-11(3)9-12/h3-6,9-10H,1-2H3. The summed E-state index contributed by atoms with van der Waals surface area (Å²) in [6.07, 6.45) is 0. The van der Waals surface area contributed by atoms with Gasteiger partial charge in [0.1, 0.15) is 0 Å². The van der Waals surface area contributed by atoms with Crippen LogP contribution in [0.1, 0.15) is 25.0 Å². The number of hydrogen-bond acceptors (Lipinski definition) is 0. The molecular formula is C12H12. The van der Waals surface area contributed by atoms with Gasteiger partial charge in [-0.1, -0.05) is 37.8 Å². The van der Waals surface area contributed by atoms with Crippen molar-refractivity contribution in [3.63, 3.8) is 0 Å². The third-order valence-corrected chi connectivity index (χ3v) is 1.39. The molecular weight excluding hydrogens is 144 g/mol. The van der Waals surface area contributed by atoms with E-state index in [0.717, 1.165) is 11.1 Å². The van der Waals surface area contributed by atoms with Gasteiger partial charge < -0.3 is 0 Å². The molecule has 60 valence electrons. The summed E-state index contributed by atoms with van der Waals surface area (Å²) in [5.41, 5.74) is 1.76. The maximum atomic E-state index is 5.60. The van der Waals surface area contributed by atoms with Gasteiger partial charge in [0.25, 0.3) is 0 Å². The molecule has 0 heterocycles. The van der Waals surface area contributed by atoms with Crippen molar-refractivity contribution in [3.05, 3.63) is 42.3 Å². The molecule has 0 spiro atoms. The molecule has 0 atom stereocenters. The largest absolute Gasteiger partial charge is 0.0951 e. The maximum Gasteiger partial charge on any atom is 0.0248 e. The summed E-state index contributed by atoms with van der Waals surface area (Å²) < 4.78 is 0. The Morgan fingerprint density at radius 3 is 2.67 bits per heavy atom. The van der Waals surface area contributed by atoms with Crippen LogP contribution in [0.5, 0.6) is 0 Å². The fourth-order valence-electron chi connectivity index (χ4n) is 0.844. The highest BCUT2D eigenvalue weighted by Crippen LogP contribution is 2.02. The highest BCUT2D eigenvalue weighted by molar-refractivity contribution is 5.38. The summed E-state index contributed by atoms with van der Waals surface area (Å²) in [6, 6.07) is 7.63. The molecule has 1 aromatic carbocycles. The van der Waals surface area contributed by atoms with Crippen molar-refractivity contribution >= 4 is 0 Å². The quantitative estimate of drug-likeness (QED) is 0.507. The molecule has 0 fully saturated rings. The van der Waals surface area contributed by atoms with Crippen LogP contribution in [-0.4, -0.2) is 0 Å². The lowest BCUT2D eigenvalue weighted by Gasteiger charge is -1.92. The van der Waals surface area contributed by atoms with Crippen molar-refractivity contribution in [2.75, 3.05) is 0 Å². The van der Waals surface area contributed by atoms with Gasteiger partial charge in [0.05, 0.1) is 0 Å². The topological polar surface area (TPSA) is 0 Å². The van der Waals surface area contributed by atoms with E-state index in [9.17, 15) is 0 Å². The molecule has 0 aliphatic rings. The molecule has 1 aromatic rings. The highest BCUT2D eigenvalue weighted by atomic mass is 13.9. The fraction of sp³-hybridized carbons (Fsp3) is 0.250. The molecule has 12 heavy (non-hydrogen) atoms. The Balaban J connectivity index is 2.85. The molecule has 0 heteroatoms. The van der Waals surface area contributed by atoms with E-state index in [4.69, 9.17) is 6.92 Å². The van der Waals surface area contributed by atoms with Gasteiger partial charge in [0.2, 0.25) is 0 Å². The average molecular weight is 156 g/mol. The fourth-order valence-corrected chi connectivity index (χ4v) is 0.844. The molecule has 0 bridgehead atoms. The first-order valence-electron chi connectivity index (χ1n) is 4.05. The maximum absolute atomic E-state index is 5.60. The third-order valence-electron chi connectivity index (χ3n) is 1.39. The Morgan fingerprint density at radius 2 is 2.08 bits per heavy atom. The predicted molar refractivity (Wildman–Crippen MR) is 51.6 cm³/mol. The van der Waals surface area contributed by atoms with Crippen molar-refractivity contribution in [3.8, 4) is 11.8 Å². The van der Waals surface area contributed by atoms with E-state index < -0.39 is 0 Å². The molecule has 1 rings (SSSR count). The molecule has 0 aromatic heterocycles. The van der Waals surface area contributed by atoms with Crippen LogP contribution >= 0.6 is 0 Å². The van der Waals surface area contributed by atoms with Gasteiger partial charge >= 0.3 is 0 Å². The van der Waals surface area contributed by atoms with Gasteiger partial charge in [0, 0.05) is 11.5 Å². The van der Waals surface area contributed by atoms with E-state index >= 15 is 0 Å². The van der Waals surface area contributed by atoms with E-state index in [-0.39, 0.29) is 0 Å². The highest BCUT2D eigenvalue weighted by Gasteiger charge is 1.87. The Morgan fingerprint density at radius 1 is 1.33 bits per heavy atom. The second kappa shape index (κ2) is 3.97. The van der Waals surface area contributed by atoms with Crippen LogP contribution in [0, 0.1) is 24.7 Å². The van der Waals surface area contributed by atoms with Crippen LogP contribution in [0.4, 0.5) is 0 Å². The molecule has 0 saturated heterocycles. The summed E-state index contributed by atoms with van der Waals surface area (Å²) >= 11 is 0. The SMILES string of the molecule is [CH]c1cccc(C#CC(C)C)c1. The number of rotatable bonds is 0. The molecule has 0 nitrogen and oxygen atoms in total. The van der Waals surface area contributed by atoms with E-state index in [1.165, 1.54) is 0 Å². The van der Waals surface area contributed by atoms with Crippen LogP contribution in [0.2, 0.25) is 0 Å². The van der Waals surface area contributed by atoms with Crippen LogP contribution in [0.15, 0.2) is 24.3 Å². The molecule has 0 aliphatic heterocycles. The minimum Gasteiger partial charge on any atom is -0.0951 e. The zero-order valence-corrected chi connectivity index (χ0v) is 7.46. The predicted octanol–water partition coefficient (Wildman–Crippen LogP) is 2.75. The lowest BCUT2D eigenvalue weighted by Crippen LogP contribution is -1.80. The Kier molecular flexibility index (Phi) is 2.94. The van der Waals surface area contributed by atoms with Gasteiger partial charge in [-0.3, -0.25) is 0 Å². The van der Waals surface area contributed by atoms with Crippen LogP contribution in [-0.2, 0) is 0 Å². The molecule has 0 aliphatic carbocycles. The van der Waals surface area contributed by atoms with Crippen molar-refractivity contribution in [2.24, 2.45) is 5.92 Å². The second-order valence-corrected chi connectivity index (χ2v) is 3.05. The summed E-state index contributed by atoms with van der Waals surface area (Å²) in [6.45, 7) is 9.73. The molecule has 0 saturated carbocycles. The Hall–Kier alpha value is -1.22. The van der Waals surface area contributed by atoms with Crippen molar-refractivity contribution < 1.29 is 0 Å². The monoisotopic (exact) mass is 156 g/mol. The smallest absolute Gasteiger partial charge is 0.0248 e. The normalized spacial score (nSPS) is 9.33. The van der Waals surface area contributed by atoms with Crippen molar-refractivity contribution in [1.82, 2.24) is 0 Å². The zero-order valence-electron chi connectivity index (χ0n) is 7.46. The first-order valence-corrected chi connectivity index (χ1v) is 4.05. The summed E-state index contributed by atoms with van der Waals surface area (Å²) in [4.78, 5) is 0. The van der Waals surface area contributed by atoms with Gasteiger partial charge in [-0.15, -0.1) is 0 Å². The first-order chi connectivity index (χ1) is 5.68. The number of benzene rings is 1. The average Bonchev–Trinajstić information content (AvgIpc) is 2.01. The third kappa shape index (κ3) is 2.80. The molecule has 2 radical (unpaired) electrons. The zero-order chi connectivity index (χ0) is 8.97. The molecule has 0 N–H and O–H groups in total. The Bertz CT molecular complexity index is 310.